The summed E-state index contributed by atoms with van der Waals surface area (Å²) in [6, 6.07) is 1.95. The van der Waals surface area contributed by atoms with Crippen molar-refractivity contribution in [2.75, 3.05) is 6.61 Å². The van der Waals surface area contributed by atoms with Gasteiger partial charge in [0.15, 0.2) is 5.78 Å². The number of hydrogen-bond donors (Lipinski definition) is 0. The van der Waals surface area contributed by atoms with E-state index < -0.39 is 0 Å². The summed E-state index contributed by atoms with van der Waals surface area (Å²) < 4.78 is 7.15. The molecule has 1 unspecified atom stereocenters. The van der Waals surface area contributed by atoms with E-state index in [2.05, 4.69) is 5.10 Å². The number of carbonyl (C=O) groups is 1. The molecule has 15 heavy (non-hydrogen) atoms. The Balaban J connectivity index is 1.83. The van der Waals surface area contributed by atoms with Crippen molar-refractivity contribution in [2.45, 2.75) is 31.8 Å². The lowest BCUT2D eigenvalue weighted by Crippen LogP contribution is -2.20. The van der Waals surface area contributed by atoms with Gasteiger partial charge in [-0.05, 0) is 25.3 Å². The molecule has 1 aliphatic heterocycles. The van der Waals surface area contributed by atoms with E-state index in [1.165, 1.54) is 0 Å². The number of aromatic nitrogens is 2. The number of rotatable bonds is 4. The summed E-state index contributed by atoms with van der Waals surface area (Å²) in [7, 11) is 1.89. The molecule has 0 bridgehead atoms. The van der Waals surface area contributed by atoms with Gasteiger partial charge in [0.2, 0.25) is 0 Å². The Kier molecular flexibility index (Phi) is 3.16. The molecule has 0 aromatic carbocycles. The summed E-state index contributed by atoms with van der Waals surface area (Å²) in [6.07, 6.45) is 4.84. The van der Waals surface area contributed by atoms with Crippen molar-refractivity contribution in [3.63, 3.8) is 0 Å². The van der Waals surface area contributed by atoms with E-state index in [-0.39, 0.29) is 11.9 Å². The summed E-state index contributed by atoms with van der Waals surface area (Å²) in [5.41, 5.74) is 1.10. The zero-order chi connectivity index (χ0) is 10.7. The molecule has 1 aromatic heterocycles. The summed E-state index contributed by atoms with van der Waals surface area (Å²) in [5.74, 6) is 0.230. The highest BCUT2D eigenvalue weighted by Gasteiger charge is 2.22. The van der Waals surface area contributed by atoms with Gasteiger partial charge in [0, 0.05) is 32.0 Å². The van der Waals surface area contributed by atoms with Crippen molar-refractivity contribution in [2.24, 2.45) is 7.05 Å². The van der Waals surface area contributed by atoms with E-state index in [4.69, 9.17) is 4.74 Å². The first-order chi connectivity index (χ1) is 7.27. The molecule has 1 atom stereocenters. The largest absolute Gasteiger partial charge is 0.370 e. The molecule has 4 nitrogen and oxygen atoms in total. The maximum Gasteiger partial charge on any atom is 0.161 e. The zero-order valence-electron chi connectivity index (χ0n) is 8.98. The lowest BCUT2D eigenvalue weighted by molar-refractivity contribution is -0.127. The van der Waals surface area contributed by atoms with Crippen molar-refractivity contribution >= 4 is 5.78 Å². The second kappa shape index (κ2) is 4.57. The van der Waals surface area contributed by atoms with E-state index in [9.17, 15) is 4.79 Å². The van der Waals surface area contributed by atoms with E-state index >= 15 is 0 Å². The SMILES string of the molecule is Cn1nccc1CCC(=O)C1CCCO1. The van der Waals surface area contributed by atoms with Crippen LogP contribution in [0.2, 0.25) is 0 Å². The van der Waals surface area contributed by atoms with Crippen LogP contribution in [0, 0.1) is 0 Å². The normalized spacial score (nSPS) is 20.7. The average molecular weight is 208 g/mol. The number of nitrogens with zero attached hydrogens (tertiary/aromatic N) is 2. The molecule has 2 rings (SSSR count). The van der Waals surface area contributed by atoms with Crippen LogP contribution in [0.4, 0.5) is 0 Å². The topological polar surface area (TPSA) is 44.1 Å². The fourth-order valence-electron chi connectivity index (χ4n) is 1.89. The van der Waals surface area contributed by atoms with E-state index in [1.807, 2.05) is 17.8 Å². The Morgan fingerprint density at radius 3 is 3.20 bits per heavy atom. The van der Waals surface area contributed by atoms with Crippen LogP contribution in [-0.2, 0) is 23.0 Å². The molecule has 4 heteroatoms. The van der Waals surface area contributed by atoms with Gasteiger partial charge in [-0.3, -0.25) is 9.48 Å². The maximum absolute atomic E-state index is 11.7. The van der Waals surface area contributed by atoms with Crippen molar-refractivity contribution in [3.8, 4) is 0 Å². The van der Waals surface area contributed by atoms with Gasteiger partial charge in [-0.15, -0.1) is 0 Å². The van der Waals surface area contributed by atoms with Crippen molar-refractivity contribution in [1.82, 2.24) is 9.78 Å². The van der Waals surface area contributed by atoms with Gasteiger partial charge in [0.05, 0.1) is 0 Å². The molecule has 0 aliphatic carbocycles. The Hall–Kier alpha value is -1.16. The molecule has 0 radical (unpaired) electrons. The van der Waals surface area contributed by atoms with E-state index in [0.717, 1.165) is 31.6 Å². The molecule has 0 saturated carbocycles. The van der Waals surface area contributed by atoms with Crippen molar-refractivity contribution < 1.29 is 9.53 Å². The number of hydrogen-bond acceptors (Lipinski definition) is 3. The fourth-order valence-corrected chi connectivity index (χ4v) is 1.89. The molecular formula is C11H16N2O2. The highest BCUT2D eigenvalue weighted by atomic mass is 16.5. The molecule has 0 spiro atoms. The first-order valence-electron chi connectivity index (χ1n) is 5.38. The summed E-state index contributed by atoms with van der Waals surface area (Å²) in [4.78, 5) is 11.7. The number of Topliss-reactive ketones (excluding diaryl/α,β-unsaturated/α-hetero) is 1. The third-order valence-corrected chi connectivity index (χ3v) is 2.84. The fraction of sp³-hybridized carbons (Fsp3) is 0.636. The Morgan fingerprint density at radius 1 is 1.73 bits per heavy atom. The van der Waals surface area contributed by atoms with Crippen LogP contribution in [0.25, 0.3) is 0 Å². The number of ether oxygens (including phenoxy) is 1. The minimum absolute atomic E-state index is 0.141. The number of aryl methyl sites for hydroxylation is 2. The van der Waals surface area contributed by atoms with E-state index in [0.29, 0.717) is 6.42 Å². The predicted molar refractivity (Wildman–Crippen MR) is 55.5 cm³/mol. The third-order valence-electron chi connectivity index (χ3n) is 2.84. The lowest BCUT2D eigenvalue weighted by Gasteiger charge is -2.07. The second-order valence-electron chi connectivity index (χ2n) is 3.91. The number of ketones is 1. The molecule has 0 N–H and O–H groups in total. The van der Waals surface area contributed by atoms with Crippen LogP contribution in [0.15, 0.2) is 12.3 Å². The predicted octanol–water partition coefficient (Wildman–Crippen LogP) is 1.10. The standard InChI is InChI=1S/C11H16N2O2/c1-13-9(6-7-12-13)4-5-10(14)11-3-2-8-15-11/h6-7,11H,2-5,8H2,1H3. The minimum Gasteiger partial charge on any atom is -0.370 e. The van der Waals surface area contributed by atoms with Gasteiger partial charge in [0.25, 0.3) is 0 Å². The molecule has 2 heterocycles. The Morgan fingerprint density at radius 2 is 2.60 bits per heavy atom. The van der Waals surface area contributed by atoms with Crippen LogP contribution < -0.4 is 0 Å². The molecule has 1 fully saturated rings. The van der Waals surface area contributed by atoms with Gasteiger partial charge in [0.1, 0.15) is 6.10 Å². The molecular weight excluding hydrogens is 192 g/mol. The van der Waals surface area contributed by atoms with E-state index in [1.54, 1.807) is 6.20 Å². The molecule has 1 aliphatic rings. The van der Waals surface area contributed by atoms with Crippen LogP contribution in [0.5, 0.6) is 0 Å². The maximum atomic E-state index is 11.7. The second-order valence-corrected chi connectivity index (χ2v) is 3.91. The van der Waals surface area contributed by atoms with Gasteiger partial charge >= 0.3 is 0 Å². The van der Waals surface area contributed by atoms with Crippen LogP contribution >= 0.6 is 0 Å². The van der Waals surface area contributed by atoms with Gasteiger partial charge < -0.3 is 4.74 Å². The highest BCUT2D eigenvalue weighted by molar-refractivity contribution is 5.83. The van der Waals surface area contributed by atoms with Crippen molar-refractivity contribution in [3.05, 3.63) is 18.0 Å². The van der Waals surface area contributed by atoms with Gasteiger partial charge in [-0.25, -0.2) is 0 Å². The molecule has 1 saturated heterocycles. The third kappa shape index (κ3) is 2.45. The van der Waals surface area contributed by atoms with Crippen LogP contribution in [0.3, 0.4) is 0 Å². The summed E-state index contributed by atoms with van der Waals surface area (Å²) >= 11 is 0. The van der Waals surface area contributed by atoms with Gasteiger partial charge in [-0.2, -0.15) is 5.10 Å². The lowest BCUT2D eigenvalue weighted by atomic mass is 10.1. The Bertz CT molecular complexity index is 340. The Labute approximate surface area is 89.2 Å². The highest BCUT2D eigenvalue weighted by Crippen LogP contribution is 2.15. The first kappa shape index (κ1) is 10.4. The van der Waals surface area contributed by atoms with Gasteiger partial charge in [-0.1, -0.05) is 0 Å². The minimum atomic E-state index is -0.141. The number of carbonyl (C=O) groups excluding carboxylic acids is 1. The zero-order valence-corrected chi connectivity index (χ0v) is 8.98. The summed E-state index contributed by atoms with van der Waals surface area (Å²) in [5, 5.41) is 4.07. The summed E-state index contributed by atoms with van der Waals surface area (Å²) in [6.45, 7) is 0.738. The van der Waals surface area contributed by atoms with Crippen LogP contribution in [-0.4, -0.2) is 28.3 Å². The first-order valence-corrected chi connectivity index (χ1v) is 5.38. The quantitative estimate of drug-likeness (QED) is 0.744. The average Bonchev–Trinajstić information content (AvgIpc) is 2.85. The smallest absolute Gasteiger partial charge is 0.161 e. The monoisotopic (exact) mass is 208 g/mol. The van der Waals surface area contributed by atoms with Crippen molar-refractivity contribution in [1.29, 1.82) is 0 Å². The molecule has 82 valence electrons. The van der Waals surface area contributed by atoms with Crippen LogP contribution in [0.1, 0.15) is 25.0 Å². The molecule has 1 aromatic rings. The molecule has 0 amide bonds.